The summed E-state index contributed by atoms with van der Waals surface area (Å²) in [5, 5.41) is 9.84. The van der Waals surface area contributed by atoms with Crippen LogP contribution >= 0.6 is 0 Å². The molecule has 1 amide bonds. The SMILES string of the molecule is CCOc1cc(C=C2C(=O)N(CC(C)C)C(C)=C2C(=O)OC)ccc1O. The Kier molecular flexibility index (Phi) is 6.08. The van der Waals surface area contributed by atoms with E-state index >= 15 is 0 Å². The van der Waals surface area contributed by atoms with Gasteiger partial charge in [0.2, 0.25) is 0 Å². The Labute approximate surface area is 153 Å². The van der Waals surface area contributed by atoms with Gasteiger partial charge in [0, 0.05) is 12.2 Å². The molecule has 0 unspecified atom stereocenters. The van der Waals surface area contributed by atoms with Gasteiger partial charge < -0.3 is 19.5 Å². The van der Waals surface area contributed by atoms with Crippen molar-refractivity contribution in [3.8, 4) is 11.5 Å². The Bertz CT molecular complexity index is 776. The van der Waals surface area contributed by atoms with E-state index in [1.807, 2.05) is 20.8 Å². The summed E-state index contributed by atoms with van der Waals surface area (Å²) in [5.41, 5.74) is 1.79. The minimum Gasteiger partial charge on any atom is -0.504 e. The first kappa shape index (κ1) is 19.6. The highest BCUT2D eigenvalue weighted by atomic mass is 16.5. The number of carbonyl (C=O) groups is 2. The Hall–Kier alpha value is -2.76. The van der Waals surface area contributed by atoms with Crippen LogP contribution in [0.15, 0.2) is 35.0 Å². The van der Waals surface area contributed by atoms with Gasteiger partial charge in [-0.1, -0.05) is 19.9 Å². The molecule has 26 heavy (non-hydrogen) atoms. The molecule has 0 aromatic heterocycles. The first-order chi connectivity index (χ1) is 12.3. The van der Waals surface area contributed by atoms with Gasteiger partial charge in [-0.15, -0.1) is 0 Å². The zero-order valence-electron chi connectivity index (χ0n) is 15.8. The minimum absolute atomic E-state index is 0.0214. The monoisotopic (exact) mass is 359 g/mol. The van der Waals surface area contributed by atoms with Crippen LogP contribution in [-0.2, 0) is 14.3 Å². The molecule has 0 spiro atoms. The maximum absolute atomic E-state index is 12.9. The van der Waals surface area contributed by atoms with Crippen LogP contribution < -0.4 is 4.74 Å². The van der Waals surface area contributed by atoms with Crippen molar-refractivity contribution in [1.82, 2.24) is 4.90 Å². The molecular weight excluding hydrogens is 334 g/mol. The fraction of sp³-hybridized carbons (Fsp3) is 0.400. The van der Waals surface area contributed by atoms with Crippen molar-refractivity contribution < 1.29 is 24.2 Å². The molecule has 140 valence electrons. The van der Waals surface area contributed by atoms with Crippen LogP contribution in [0.3, 0.4) is 0 Å². The number of hydrogen-bond acceptors (Lipinski definition) is 5. The largest absolute Gasteiger partial charge is 0.504 e. The normalized spacial score (nSPS) is 16.0. The van der Waals surface area contributed by atoms with Crippen molar-refractivity contribution in [3.63, 3.8) is 0 Å². The molecule has 0 radical (unpaired) electrons. The number of esters is 1. The van der Waals surface area contributed by atoms with Crippen LogP contribution in [-0.4, -0.2) is 42.1 Å². The number of hydrogen-bond donors (Lipinski definition) is 1. The lowest BCUT2D eigenvalue weighted by Crippen LogP contribution is -2.28. The average Bonchev–Trinajstić information content (AvgIpc) is 2.81. The number of amides is 1. The van der Waals surface area contributed by atoms with Gasteiger partial charge in [-0.25, -0.2) is 4.79 Å². The Balaban J connectivity index is 2.51. The maximum atomic E-state index is 12.9. The molecule has 0 atom stereocenters. The lowest BCUT2D eigenvalue weighted by Gasteiger charge is -2.19. The molecule has 6 heteroatoms. The summed E-state index contributed by atoms with van der Waals surface area (Å²) in [6.07, 6.45) is 1.63. The van der Waals surface area contributed by atoms with Gasteiger partial charge in [-0.2, -0.15) is 0 Å². The predicted molar refractivity (Wildman–Crippen MR) is 98.5 cm³/mol. The smallest absolute Gasteiger partial charge is 0.340 e. The van der Waals surface area contributed by atoms with E-state index in [0.717, 1.165) is 0 Å². The van der Waals surface area contributed by atoms with E-state index in [-0.39, 0.29) is 28.7 Å². The number of phenolic OH excluding ortho intramolecular Hbond substituents is 1. The summed E-state index contributed by atoms with van der Waals surface area (Å²) in [7, 11) is 1.30. The highest BCUT2D eigenvalue weighted by Gasteiger charge is 2.37. The number of allylic oxidation sites excluding steroid dienone is 1. The molecule has 1 aliphatic rings. The zero-order chi connectivity index (χ0) is 19.4. The van der Waals surface area contributed by atoms with Gasteiger partial charge in [-0.05, 0) is 43.5 Å². The van der Waals surface area contributed by atoms with Crippen molar-refractivity contribution in [2.24, 2.45) is 5.92 Å². The second kappa shape index (κ2) is 8.08. The third-order valence-corrected chi connectivity index (χ3v) is 4.04. The van der Waals surface area contributed by atoms with Gasteiger partial charge in [0.05, 0.1) is 24.9 Å². The Morgan fingerprint density at radius 2 is 2.04 bits per heavy atom. The quantitative estimate of drug-likeness (QED) is 0.624. The standard InChI is InChI=1S/C20H25NO5/c1-6-26-17-10-14(7-8-16(17)22)9-15-18(20(24)25-5)13(4)21(19(15)23)11-12(2)3/h7-10,12,22H,6,11H2,1-5H3. The number of methoxy groups -OCH3 is 1. The van der Waals surface area contributed by atoms with E-state index in [4.69, 9.17) is 9.47 Å². The van der Waals surface area contributed by atoms with Crippen LogP contribution in [0.2, 0.25) is 0 Å². The third kappa shape index (κ3) is 3.90. The third-order valence-electron chi connectivity index (χ3n) is 4.04. The van der Waals surface area contributed by atoms with E-state index in [1.165, 1.54) is 13.2 Å². The molecule has 2 rings (SSSR count). The van der Waals surface area contributed by atoms with Gasteiger partial charge in [0.15, 0.2) is 11.5 Å². The van der Waals surface area contributed by atoms with Crippen molar-refractivity contribution in [1.29, 1.82) is 0 Å². The van der Waals surface area contributed by atoms with E-state index in [0.29, 0.717) is 30.2 Å². The lowest BCUT2D eigenvalue weighted by molar-refractivity contribution is -0.136. The van der Waals surface area contributed by atoms with Crippen LogP contribution in [0.1, 0.15) is 33.3 Å². The number of aromatic hydroxyl groups is 1. The molecular formula is C20H25NO5. The highest BCUT2D eigenvalue weighted by Crippen LogP contribution is 2.34. The van der Waals surface area contributed by atoms with Gasteiger partial charge in [0.25, 0.3) is 5.91 Å². The van der Waals surface area contributed by atoms with E-state index in [1.54, 1.807) is 30.0 Å². The fourth-order valence-electron chi connectivity index (χ4n) is 2.87. The molecule has 1 N–H and O–H groups in total. The summed E-state index contributed by atoms with van der Waals surface area (Å²) in [5.74, 6) is -0.176. The molecule has 1 aliphatic heterocycles. The molecule has 0 saturated heterocycles. The van der Waals surface area contributed by atoms with Crippen LogP contribution in [0.25, 0.3) is 6.08 Å². The molecule has 6 nitrogen and oxygen atoms in total. The Morgan fingerprint density at radius 1 is 1.35 bits per heavy atom. The predicted octanol–water partition coefficient (Wildman–Crippen LogP) is 3.12. The van der Waals surface area contributed by atoms with Gasteiger partial charge in [-0.3, -0.25) is 4.79 Å². The first-order valence-electron chi connectivity index (χ1n) is 8.59. The summed E-state index contributed by atoms with van der Waals surface area (Å²) in [6, 6.07) is 4.79. The molecule has 0 aliphatic carbocycles. The van der Waals surface area contributed by atoms with Crippen molar-refractivity contribution in [2.75, 3.05) is 20.3 Å². The number of benzene rings is 1. The zero-order valence-corrected chi connectivity index (χ0v) is 15.8. The first-order valence-corrected chi connectivity index (χ1v) is 8.59. The van der Waals surface area contributed by atoms with Crippen LogP contribution in [0, 0.1) is 5.92 Å². The van der Waals surface area contributed by atoms with Crippen LogP contribution in [0.5, 0.6) is 11.5 Å². The van der Waals surface area contributed by atoms with Gasteiger partial charge >= 0.3 is 5.97 Å². The van der Waals surface area contributed by atoms with Crippen molar-refractivity contribution >= 4 is 18.0 Å². The summed E-state index contributed by atoms with van der Waals surface area (Å²) in [6.45, 7) is 8.50. The Morgan fingerprint density at radius 3 is 2.62 bits per heavy atom. The molecule has 1 aromatic rings. The summed E-state index contributed by atoms with van der Waals surface area (Å²) in [4.78, 5) is 26.8. The molecule has 0 bridgehead atoms. The second-order valence-corrected chi connectivity index (χ2v) is 6.48. The van der Waals surface area contributed by atoms with E-state index in [2.05, 4.69) is 0 Å². The minimum atomic E-state index is -0.544. The number of rotatable bonds is 6. The molecule has 1 heterocycles. The topological polar surface area (TPSA) is 76.1 Å². The molecule has 0 saturated carbocycles. The fourth-order valence-corrected chi connectivity index (χ4v) is 2.87. The maximum Gasteiger partial charge on any atom is 0.340 e. The number of ether oxygens (including phenoxy) is 2. The van der Waals surface area contributed by atoms with E-state index in [9.17, 15) is 14.7 Å². The molecule has 1 aromatic carbocycles. The number of phenols is 1. The number of nitrogens with zero attached hydrogens (tertiary/aromatic N) is 1. The number of carbonyl (C=O) groups excluding carboxylic acids is 2. The highest BCUT2D eigenvalue weighted by molar-refractivity contribution is 6.16. The van der Waals surface area contributed by atoms with Crippen molar-refractivity contribution in [2.45, 2.75) is 27.7 Å². The van der Waals surface area contributed by atoms with Crippen molar-refractivity contribution in [3.05, 3.63) is 40.6 Å². The average molecular weight is 359 g/mol. The summed E-state index contributed by atoms with van der Waals surface area (Å²) >= 11 is 0. The lowest BCUT2D eigenvalue weighted by atomic mass is 10.0. The van der Waals surface area contributed by atoms with E-state index < -0.39 is 5.97 Å². The van der Waals surface area contributed by atoms with Gasteiger partial charge in [0.1, 0.15) is 0 Å². The summed E-state index contributed by atoms with van der Waals surface area (Å²) < 4.78 is 10.3. The van der Waals surface area contributed by atoms with Crippen LogP contribution in [0.4, 0.5) is 0 Å². The second-order valence-electron chi connectivity index (χ2n) is 6.48. The molecule has 0 fully saturated rings.